The quantitative estimate of drug-likeness (QED) is 0.831. The van der Waals surface area contributed by atoms with Crippen LogP contribution in [0.15, 0.2) is 52.1 Å². The number of rotatable bonds is 4. The van der Waals surface area contributed by atoms with Crippen LogP contribution in [0, 0.1) is 0 Å². The van der Waals surface area contributed by atoms with Crippen LogP contribution in [0.4, 0.5) is 5.69 Å². The Morgan fingerprint density at radius 2 is 2.11 bits per heavy atom. The maximum Gasteiger partial charge on any atom is 0.240 e. The minimum atomic E-state index is -3.58. The van der Waals surface area contributed by atoms with E-state index in [9.17, 15) is 8.42 Å². The Kier molecular flexibility index (Phi) is 4.18. The molecule has 0 radical (unpaired) electrons. The van der Waals surface area contributed by atoms with Crippen LogP contribution in [0.25, 0.3) is 0 Å². The fourth-order valence-corrected chi connectivity index (χ4v) is 2.75. The van der Waals surface area contributed by atoms with Crippen LogP contribution in [0.3, 0.4) is 0 Å². The Bertz CT molecular complexity index is 675. The summed E-state index contributed by atoms with van der Waals surface area (Å²) < 4.78 is 27.3. The first-order valence-electron chi connectivity index (χ1n) is 5.42. The number of hydrogen-bond donors (Lipinski definition) is 2. The van der Waals surface area contributed by atoms with Gasteiger partial charge in [-0.2, -0.15) is 0 Å². The van der Waals surface area contributed by atoms with E-state index in [2.05, 4.69) is 25.6 Å². The second-order valence-corrected chi connectivity index (χ2v) is 6.49. The van der Waals surface area contributed by atoms with Gasteiger partial charge < -0.3 is 5.73 Å². The highest BCUT2D eigenvalue weighted by molar-refractivity contribution is 9.10. The topological polar surface area (TPSA) is 85.1 Å². The minimum absolute atomic E-state index is 0.136. The van der Waals surface area contributed by atoms with Crippen molar-refractivity contribution in [3.05, 3.63) is 52.8 Å². The van der Waals surface area contributed by atoms with E-state index in [1.807, 2.05) is 0 Å². The number of pyridine rings is 1. The number of halogens is 1. The standard InChI is InChI=1S/C12H12BrN3O2S/c13-11-4-3-10(6-12(11)14)19(17,18)16-8-9-2-1-5-15-7-9/h1-7,16H,8,14H2. The summed E-state index contributed by atoms with van der Waals surface area (Å²) in [6.45, 7) is 0.187. The van der Waals surface area contributed by atoms with Gasteiger partial charge in [-0.25, -0.2) is 13.1 Å². The molecule has 0 unspecified atom stereocenters. The molecule has 1 aromatic carbocycles. The number of aromatic nitrogens is 1. The Morgan fingerprint density at radius 3 is 2.74 bits per heavy atom. The molecule has 5 nitrogen and oxygen atoms in total. The first kappa shape index (κ1) is 14.0. The third-order valence-electron chi connectivity index (χ3n) is 2.47. The summed E-state index contributed by atoms with van der Waals surface area (Å²) in [6.07, 6.45) is 3.24. The van der Waals surface area contributed by atoms with Crippen LogP contribution in [-0.2, 0) is 16.6 Å². The zero-order valence-corrected chi connectivity index (χ0v) is 12.3. The van der Waals surface area contributed by atoms with Gasteiger partial charge >= 0.3 is 0 Å². The van der Waals surface area contributed by atoms with Crippen molar-refractivity contribution in [1.82, 2.24) is 9.71 Å². The van der Waals surface area contributed by atoms with Crippen molar-refractivity contribution in [2.45, 2.75) is 11.4 Å². The molecular weight excluding hydrogens is 330 g/mol. The zero-order chi connectivity index (χ0) is 13.9. The highest BCUT2D eigenvalue weighted by Gasteiger charge is 2.14. The van der Waals surface area contributed by atoms with Crippen molar-refractivity contribution < 1.29 is 8.42 Å². The molecule has 0 aliphatic rings. The van der Waals surface area contributed by atoms with Gasteiger partial charge in [0.2, 0.25) is 10.0 Å². The van der Waals surface area contributed by atoms with Gasteiger partial charge in [0.05, 0.1) is 4.90 Å². The third kappa shape index (κ3) is 3.52. The maximum absolute atomic E-state index is 12.1. The van der Waals surface area contributed by atoms with E-state index in [-0.39, 0.29) is 11.4 Å². The average Bonchev–Trinajstić information content (AvgIpc) is 2.41. The monoisotopic (exact) mass is 341 g/mol. The summed E-state index contributed by atoms with van der Waals surface area (Å²) in [7, 11) is -3.58. The molecule has 0 spiro atoms. The lowest BCUT2D eigenvalue weighted by molar-refractivity contribution is 0.581. The molecule has 0 saturated carbocycles. The fraction of sp³-hybridized carbons (Fsp3) is 0.0833. The second-order valence-electron chi connectivity index (χ2n) is 3.87. The van der Waals surface area contributed by atoms with E-state index in [1.54, 1.807) is 30.6 Å². The van der Waals surface area contributed by atoms with Crippen molar-refractivity contribution in [1.29, 1.82) is 0 Å². The number of nitrogens with zero attached hydrogens (tertiary/aromatic N) is 1. The van der Waals surface area contributed by atoms with Gasteiger partial charge in [0.1, 0.15) is 0 Å². The van der Waals surface area contributed by atoms with Crippen LogP contribution >= 0.6 is 15.9 Å². The Hall–Kier alpha value is -1.44. The number of nitrogens with one attached hydrogen (secondary N) is 1. The SMILES string of the molecule is Nc1cc(S(=O)(=O)NCc2cccnc2)ccc1Br. The van der Waals surface area contributed by atoms with Gasteiger partial charge in [-0.1, -0.05) is 6.07 Å². The van der Waals surface area contributed by atoms with Gasteiger partial charge in [-0.15, -0.1) is 0 Å². The maximum atomic E-state index is 12.1. The number of hydrogen-bond acceptors (Lipinski definition) is 4. The summed E-state index contributed by atoms with van der Waals surface area (Å²) in [5.41, 5.74) is 6.84. The predicted octanol–water partition coefficient (Wildman–Crippen LogP) is 1.90. The fourth-order valence-electron chi connectivity index (χ4n) is 1.45. The molecule has 19 heavy (non-hydrogen) atoms. The third-order valence-corrected chi connectivity index (χ3v) is 4.59. The van der Waals surface area contributed by atoms with Gasteiger partial charge in [-0.3, -0.25) is 4.98 Å². The molecule has 7 heteroatoms. The van der Waals surface area contributed by atoms with E-state index in [0.29, 0.717) is 10.2 Å². The number of anilines is 1. The first-order chi connectivity index (χ1) is 8.99. The van der Waals surface area contributed by atoms with Gasteiger partial charge in [0.15, 0.2) is 0 Å². The summed E-state index contributed by atoms with van der Waals surface area (Å²) in [5.74, 6) is 0. The molecule has 3 N–H and O–H groups in total. The van der Waals surface area contributed by atoms with E-state index in [1.165, 1.54) is 12.1 Å². The lowest BCUT2D eigenvalue weighted by Gasteiger charge is -2.08. The molecule has 100 valence electrons. The highest BCUT2D eigenvalue weighted by Crippen LogP contribution is 2.22. The van der Waals surface area contributed by atoms with E-state index in [0.717, 1.165) is 5.56 Å². The van der Waals surface area contributed by atoms with E-state index >= 15 is 0 Å². The van der Waals surface area contributed by atoms with Crippen LogP contribution in [0.2, 0.25) is 0 Å². The molecule has 1 heterocycles. The van der Waals surface area contributed by atoms with Crippen LogP contribution in [0.1, 0.15) is 5.56 Å². The van der Waals surface area contributed by atoms with Crippen molar-refractivity contribution in [3.8, 4) is 0 Å². The van der Waals surface area contributed by atoms with E-state index in [4.69, 9.17) is 5.73 Å². The smallest absolute Gasteiger partial charge is 0.240 e. The lowest BCUT2D eigenvalue weighted by atomic mass is 10.3. The van der Waals surface area contributed by atoms with Crippen molar-refractivity contribution >= 4 is 31.6 Å². The minimum Gasteiger partial charge on any atom is -0.398 e. The van der Waals surface area contributed by atoms with Crippen LogP contribution in [0.5, 0.6) is 0 Å². The molecule has 0 bridgehead atoms. The Labute approximate surface area is 120 Å². The molecule has 1 aromatic heterocycles. The second kappa shape index (κ2) is 5.68. The molecule has 2 rings (SSSR count). The Morgan fingerprint density at radius 1 is 1.32 bits per heavy atom. The van der Waals surface area contributed by atoms with Crippen LogP contribution in [-0.4, -0.2) is 13.4 Å². The van der Waals surface area contributed by atoms with Crippen molar-refractivity contribution in [2.75, 3.05) is 5.73 Å². The molecule has 2 aromatic rings. The summed E-state index contributed by atoms with van der Waals surface area (Å²) in [4.78, 5) is 4.06. The van der Waals surface area contributed by atoms with Crippen molar-refractivity contribution in [2.24, 2.45) is 0 Å². The van der Waals surface area contributed by atoms with Gasteiger partial charge in [0.25, 0.3) is 0 Å². The summed E-state index contributed by atoms with van der Waals surface area (Å²) in [5, 5.41) is 0. The zero-order valence-electron chi connectivity index (χ0n) is 9.88. The number of nitrogens with two attached hydrogens (primary N) is 1. The van der Waals surface area contributed by atoms with E-state index < -0.39 is 10.0 Å². The van der Waals surface area contributed by atoms with Gasteiger partial charge in [0, 0.05) is 29.1 Å². The van der Waals surface area contributed by atoms with Crippen molar-refractivity contribution in [3.63, 3.8) is 0 Å². The Balaban J connectivity index is 2.16. The number of nitrogen functional groups attached to an aromatic ring is 1. The number of sulfonamides is 1. The summed E-state index contributed by atoms with van der Waals surface area (Å²) >= 11 is 3.22. The summed E-state index contributed by atoms with van der Waals surface area (Å²) in [6, 6.07) is 8.06. The molecule has 0 saturated heterocycles. The predicted molar refractivity (Wildman–Crippen MR) is 76.8 cm³/mol. The molecule has 0 atom stereocenters. The molecule has 0 aliphatic heterocycles. The van der Waals surface area contributed by atoms with Crippen LogP contribution < -0.4 is 10.5 Å². The first-order valence-corrected chi connectivity index (χ1v) is 7.70. The molecule has 0 aliphatic carbocycles. The molecule has 0 fully saturated rings. The molecular formula is C12H12BrN3O2S. The average molecular weight is 342 g/mol. The molecule has 0 amide bonds. The van der Waals surface area contributed by atoms with Gasteiger partial charge in [-0.05, 0) is 45.8 Å². The lowest BCUT2D eigenvalue weighted by Crippen LogP contribution is -2.23. The largest absolute Gasteiger partial charge is 0.398 e. The number of benzene rings is 1. The normalized spacial score (nSPS) is 11.4. The highest BCUT2D eigenvalue weighted by atomic mass is 79.9.